The van der Waals surface area contributed by atoms with Gasteiger partial charge in [-0.3, -0.25) is 19.2 Å². The molecule has 3 fully saturated rings. The van der Waals surface area contributed by atoms with E-state index in [9.17, 15) is 19.2 Å². The highest BCUT2D eigenvalue weighted by atomic mass is 16.6. The SMILES string of the molecule is COC(=O)[C@@H]1C[C@H](OC(C)=O)C(=O)[C@@H]2[C@H]3C[C@@H](c4ccoc4)OC(=O)C3CC[C@]21C. The summed E-state index contributed by atoms with van der Waals surface area (Å²) >= 11 is 0. The van der Waals surface area contributed by atoms with Crippen LogP contribution in [0.25, 0.3) is 0 Å². The third-order valence-electron chi connectivity index (χ3n) is 7.28. The van der Waals surface area contributed by atoms with Gasteiger partial charge in [0.25, 0.3) is 0 Å². The van der Waals surface area contributed by atoms with E-state index in [4.69, 9.17) is 18.6 Å². The number of hydrogen-bond donors (Lipinski definition) is 0. The molecule has 0 bridgehead atoms. The third-order valence-corrected chi connectivity index (χ3v) is 7.28. The second-order valence-electron chi connectivity index (χ2n) is 8.82. The van der Waals surface area contributed by atoms with Crippen molar-refractivity contribution in [3.63, 3.8) is 0 Å². The summed E-state index contributed by atoms with van der Waals surface area (Å²) < 4.78 is 21.1. The van der Waals surface area contributed by atoms with Crippen LogP contribution in [-0.2, 0) is 33.4 Å². The zero-order valence-electron chi connectivity index (χ0n) is 17.3. The lowest BCUT2D eigenvalue weighted by Crippen LogP contribution is -2.61. The van der Waals surface area contributed by atoms with Crippen molar-refractivity contribution < 1.29 is 37.8 Å². The van der Waals surface area contributed by atoms with Crippen LogP contribution < -0.4 is 0 Å². The molecular weight excluding hydrogens is 392 g/mol. The Labute approximate surface area is 174 Å². The van der Waals surface area contributed by atoms with Crippen molar-refractivity contribution in [3.05, 3.63) is 24.2 Å². The number of esters is 3. The fraction of sp³-hybridized carbons (Fsp3) is 0.636. The van der Waals surface area contributed by atoms with Crippen LogP contribution in [0, 0.1) is 29.1 Å². The van der Waals surface area contributed by atoms with E-state index in [-0.39, 0.29) is 24.1 Å². The smallest absolute Gasteiger partial charge is 0.309 e. The van der Waals surface area contributed by atoms with Crippen LogP contribution in [0.2, 0.25) is 0 Å². The Bertz CT molecular complexity index is 858. The second kappa shape index (κ2) is 7.56. The molecule has 162 valence electrons. The van der Waals surface area contributed by atoms with Crippen molar-refractivity contribution in [2.24, 2.45) is 29.1 Å². The third kappa shape index (κ3) is 3.22. The average Bonchev–Trinajstić information content (AvgIpc) is 3.23. The number of fused-ring (bicyclic) bond motifs is 3. The molecule has 7 atom stereocenters. The number of Topliss-reactive ketones (excluding diaryl/α,β-unsaturated/α-hetero) is 1. The Morgan fingerprint density at radius 3 is 2.63 bits per heavy atom. The van der Waals surface area contributed by atoms with Crippen LogP contribution in [-0.4, -0.2) is 36.9 Å². The van der Waals surface area contributed by atoms with Crippen molar-refractivity contribution in [1.82, 2.24) is 0 Å². The van der Waals surface area contributed by atoms with Gasteiger partial charge in [-0.15, -0.1) is 0 Å². The molecule has 2 aliphatic carbocycles. The summed E-state index contributed by atoms with van der Waals surface area (Å²) in [7, 11) is 1.32. The van der Waals surface area contributed by atoms with E-state index in [0.29, 0.717) is 19.3 Å². The quantitative estimate of drug-likeness (QED) is 0.544. The zero-order chi connectivity index (χ0) is 21.6. The summed E-state index contributed by atoms with van der Waals surface area (Å²) in [6.07, 6.45) is 3.11. The molecule has 1 aromatic heterocycles. The molecule has 8 heteroatoms. The van der Waals surface area contributed by atoms with Crippen LogP contribution in [0.4, 0.5) is 0 Å². The largest absolute Gasteiger partial charge is 0.472 e. The van der Waals surface area contributed by atoms with Crippen LogP contribution in [0.15, 0.2) is 23.0 Å². The van der Waals surface area contributed by atoms with Crippen LogP contribution in [0.1, 0.15) is 51.2 Å². The van der Waals surface area contributed by atoms with Gasteiger partial charge in [0, 0.05) is 24.8 Å². The number of ether oxygens (including phenoxy) is 3. The highest BCUT2D eigenvalue weighted by Crippen LogP contribution is 2.59. The molecule has 1 aromatic rings. The first-order valence-electron chi connectivity index (χ1n) is 10.3. The van der Waals surface area contributed by atoms with E-state index in [1.165, 1.54) is 26.6 Å². The Morgan fingerprint density at radius 1 is 1.23 bits per heavy atom. The van der Waals surface area contributed by atoms with Crippen LogP contribution in [0.5, 0.6) is 0 Å². The van der Waals surface area contributed by atoms with E-state index in [0.717, 1.165) is 5.56 Å². The minimum atomic E-state index is -1.02. The molecule has 30 heavy (non-hydrogen) atoms. The number of hydrogen-bond acceptors (Lipinski definition) is 8. The molecule has 1 unspecified atom stereocenters. The first-order valence-corrected chi connectivity index (χ1v) is 10.3. The topological polar surface area (TPSA) is 109 Å². The van der Waals surface area contributed by atoms with Gasteiger partial charge >= 0.3 is 17.9 Å². The maximum absolute atomic E-state index is 13.5. The van der Waals surface area contributed by atoms with Gasteiger partial charge in [-0.25, -0.2) is 0 Å². The minimum absolute atomic E-state index is 0.102. The summed E-state index contributed by atoms with van der Waals surface area (Å²) in [4.78, 5) is 50.6. The Hall–Kier alpha value is -2.64. The first kappa shape index (κ1) is 20.6. The van der Waals surface area contributed by atoms with Crippen molar-refractivity contribution in [2.75, 3.05) is 7.11 Å². The molecule has 0 aromatic carbocycles. The molecular formula is C22H26O8. The summed E-state index contributed by atoms with van der Waals surface area (Å²) in [5, 5.41) is 0. The maximum atomic E-state index is 13.5. The Balaban J connectivity index is 1.73. The van der Waals surface area contributed by atoms with Crippen LogP contribution in [0.3, 0.4) is 0 Å². The number of furan rings is 1. The number of ketones is 1. The molecule has 1 saturated heterocycles. The van der Waals surface area contributed by atoms with Gasteiger partial charge in [-0.1, -0.05) is 6.92 Å². The van der Waals surface area contributed by atoms with Crippen molar-refractivity contribution in [2.45, 2.75) is 51.7 Å². The highest BCUT2D eigenvalue weighted by Gasteiger charge is 2.63. The van der Waals surface area contributed by atoms with E-state index in [1.807, 2.05) is 6.92 Å². The van der Waals surface area contributed by atoms with Gasteiger partial charge < -0.3 is 18.6 Å². The molecule has 2 saturated carbocycles. The second-order valence-corrected chi connectivity index (χ2v) is 8.82. The van der Waals surface area contributed by atoms with E-state index in [1.54, 1.807) is 6.07 Å². The Kier molecular flexibility index (Phi) is 5.20. The number of cyclic esters (lactones) is 1. The van der Waals surface area contributed by atoms with Crippen molar-refractivity contribution in [3.8, 4) is 0 Å². The molecule has 1 aliphatic heterocycles. The summed E-state index contributed by atoms with van der Waals surface area (Å²) in [6, 6.07) is 1.74. The maximum Gasteiger partial charge on any atom is 0.309 e. The fourth-order valence-electron chi connectivity index (χ4n) is 5.88. The van der Waals surface area contributed by atoms with E-state index < -0.39 is 47.3 Å². The van der Waals surface area contributed by atoms with Crippen molar-refractivity contribution >= 4 is 23.7 Å². The van der Waals surface area contributed by atoms with Crippen molar-refractivity contribution in [1.29, 1.82) is 0 Å². The first-order chi connectivity index (χ1) is 14.3. The molecule has 2 heterocycles. The molecule has 0 amide bonds. The summed E-state index contributed by atoms with van der Waals surface area (Å²) in [5.74, 6) is -3.50. The molecule has 0 spiro atoms. The van der Waals surface area contributed by atoms with Gasteiger partial charge in [0.1, 0.15) is 6.10 Å². The fourth-order valence-corrected chi connectivity index (χ4v) is 5.88. The lowest BCUT2D eigenvalue weighted by molar-refractivity contribution is -0.194. The van der Waals surface area contributed by atoms with Gasteiger partial charge in [0.05, 0.1) is 31.5 Å². The number of carbonyl (C=O) groups excluding carboxylic acids is 4. The van der Waals surface area contributed by atoms with Gasteiger partial charge in [-0.2, -0.15) is 0 Å². The van der Waals surface area contributed by atoms with Gasteiger partial charge in [0.15, 0.2) is 11.9 Å². The highest BCUT2D eigenvalue weighted by molar-refractivity contribution is 5.92. The molecule has 0 radical (unpaired) electrons. The molecule has 8 nitrogen and oxygen atoms in total. The number of carbonyl (C=O) groups is 4. The number of rotatable bonds is 3. The molecule has 0 N–H and O–H groups in total. The molecule has 4 rings (SSSR count). The van der Waals surface area contributed by atoms with Crippen LogP contribution >= 0.6 is 0 Å². The lowest BCUT2D eigenvalue weighted by Gasteiger charge is -2.56. The van der Waals surface area contributed by atoms with E-state index in [2.05, 4.69) is 0 Å². The predicted molar refractivity (Wildman–Crippen MR) is 101 cm³/mol. The lowest BCUT2D eigenvalue weighted by atomic mass is 9.48. The monoisotopic (exact) mass is 418 g/mol. The van der Waals surface area contributed by atoms with Gasteiger partial charge in [-0.05, 0) is 36.7 Å². The average molecular weight is 418 g/mol. The molecule has 3 aliphatic rings. The normalized spacial score (nSPS) is 38.1. The van der Waals surface area contributed by atoms with Gasteiger partial charge in [0.2, 0.25) is 0 Å². The minimum Gasteiger partial charge on any atom is -0.472 e. The Morgan fingerprint density at radius 2 is 2.00 bits per heavy atom. The zero-order valence-corrected chi connectivity index (χ0v) is 17.3. The summed E-state index contributed by atoms with van der Waals surface area (Å²) in [6.45, 7) is 3.16. The van der Waals surface area contributed by atoms with E-state index >= 15 is 0 Å². The standard InChI is InChI=1S/C22H26O8/c1-11(23)29-17-9-15(21(26)27-3)22(2)6-4-13-14(18(22)19(17)24)8-16(30-20(13)25)12-5-7-28-10-12/h5,7,10,13-18H,4,6,8-9H2,1-3H3/t13?,14-,15-,16-,17-,18-,22-/m0/s1. The predicted octanol–water partition coefficient (Wildman–Crippen LogP) is 2.61. The summed E-state index contributed by atoms with van der Waals surface area (Å²) in [5.41, 5.74) is 0.0546. The number of methoxy groups -OCH3 is 1.